The molecule has 0 amide bonds. The number of hydrogen-bond acceptors (Lipinski definition) is 1. The van der Waals surface area contributed by atoms with E-state index in [1.54, 1.807) is 4.68 Å². The maximum absolute atomic E-state index is 4.24. The number of hydrogen-bond donors (Lipinski definition) is 0. The van der Waals surface area contributed by atoms with Crippen molar-refractivity contribution >= 4 is 0 Å². The Morgan fingerprint density at radius 3 is 2.57 bits per heavy atom. The second-order valence-corrected chi connectivity index (χ2v) is 3.04. The van der Waals surface area contributed by atoms with Gasteiger partial charge < -0.3 is 12.4 Å². The third kappa shape index (κ3) is 2.57. The molecule has 0 atom stereocenters. The summed E-state index contributed by atoms with van der Waals surface area (Å²) in [6, 6.07) is 10.3. The van der Waals surface area contributed by atoms with E-state index in [1.807, 2.05) is 42.3 Å². The van der Waals surface area contributed by atoms with Crippen LogP contribution in [0.15, 0.2) is 42.7 Å². The summed E-state index contributed by atoms with van der Waals surface area (Å²) >= 11 is 0. The van der Waals surface area contributed by atoms with Crippen LogP contribution in [-0.2, 0) is 13.6 Å². The van der Waals surface area contributed by atoms with E-state index in [-0.39, 0.29) is 12.4 Å². The van der Waals surface area contributed by atoms with Gasteiger partial charge in [-0.15, -0.1) is 9.36 Å². The summed E-state index contributed by atoms with van der Waals surface area (Å²) in [5.74, 6) is 0. The maximum atomic E-state index is 4.24. The molecule has 1 aromatic heterocycles. The van der Waals surface area contributed by atoms with Crippen LogP contribution in [0.4, 0.5) is 0 Å². The van der Waals surface area contributed by atoms with Crippen LogP contribution in [0.25, 0.3) is 0 Å². The third-order valence-electron chi connectivity index (χ3n) is 1.90. The van der Waals surface area contributed by atoms with E-state index in [1.165, 1.54) is 5.56 Å². The molecule has 0 aliphatic rings. The van der Waals surface area contributed by atoms with Gasteiger partial charge in [-0.2, -0.15) is 0 Å². The molecule has 0 radical (unpaired) electrons. The summed E-state index contributed by atoms with van der Waals surface area (Å²) < 4.78 is 3.71. The van der Waals surface area contributed by atoms with E-state index in [4.69, 9.17) is 0 Å². The average Bonchev–Trinajstić information content (AvgIpc) is 2.53. The smallest absolute Gasteiger partial charge is 0.155 e. The number of benzene rings is 1. The van der Waals surface area contributed by atoms with Crippen molar-refractivity contribution < 1.29 is 17.1 Å². The van der Waals surface area contributed by atoms with Gasteiger partial charge in [0.2, 0.25) is 0 Å². The van der Waals surface area contributed by atoms with Crippen LogP contribution in [0, 0.1) is 0 Å². The molecule has 0 aliphatic heterocycles. The van der Waals surface area contributed by atoms with Gasteiger partial charge in [-0.1, -0.05) is 30.3 Å². The molecule has 2 rings (SSSR count). The molecule has 0 fully saturated rings. The fourth-order valence-electron chi connectivity index (χ4n) is 1.27. The van der Waals surface area contributed by atoms with E-state index in [0.717, 1.165) is 6.54 Å². The lowest BCUT2D eigenvalue weighted by Crippen LogP contribution is -3.00. The summed E-state index contributed by atoms with van der Waals surface area (Å²) in [4.78, 5) is 0. The van der Waals surface area contributed by atoms with Gasteiger partial charge in [0.1, 0.15) is 13.6 Å². The van der Waals surface area contributed by atoms with Crippen molar-refractivity contribution in [2.75, 3.05) is 0 Å². The summed E-state index contributed by atoms with van der Waals surface area (Å²) in [6.45, 7) is 0.835. The topological polar surface area (TPSA) is 21.7 Å². The summed E-state index contributed by atoms with van der Waals surface area (Å²) in [5, 5.41) is 4.24. The first-order valence-electron chi connectivity index (χ1n) is 4.28. The van der Waals surface area contributed by atoms with E-state index in [0.29, 0.717) is 0 Å². The normalized spacial score (nSPS) is 9.50. The van der Waals surface area contributed by atoms with Crippen molar-refractivity contribution in [3.8, 4) is 0 Å². The first-order valence-corrected chi connectivity index (χ1v) is 4.28. The molecule has 1 heterocycles. The molecule has 2 aromatic rings. The number of aromatic nitrogens is 3. The predicted octanol–water partition coefficient (Wildman–Crippen LogP) is -2.24. The lowest BCUT2D eigenvalue weighted by Gasteiger charge is -1.93. The highest BCUT2D eigenvalue weighted by Crippen LogP contribution is 1.96. The minimum Gasteiger partial charge on any atom is -1.00 e. The van der Waals surface area contributed by atoms with Crippen LogP contribution in [0.5, 0.6) is 0 Å². The Morgan fingerprint density at radius 1 is 1.29 bits per heavy atom. The summed E-state index contributed by atoms with van der Waals surface area (Å²) in [5.41, 5.74) is 1.27. The monoisotopic (exact) mass is 209 g/mol. The van der Waals surface area contributed by atoms with Gasteiger partial charge in [0.05, 0.1) is 5.21 Å². The predicted molar refractivity (Wildman–Crippen MR) is 48.9 cm³/mol. The molecule has 0 unspecified atom stereocenters. The highest BCUT2D eigenvalue weighted by Gasteiger charge is 2.01. The fourth-order valence-corrected chi connectivity index (χ4v) is 1.27. The fraction of sp³-hybridized carbons (Fsp3) is 0.200. The van der Waals surface area contributed by atoms with E-state index >= 15 is 0 Å². The van der Waals surface area contributed by atoms with Gasteiger partial charge in [0.25, 0.3) is 0 Å². The average molecular weight is 210 g/mol. The molecule has 74 valence electrons. The Kier molecular flexibility index (Phi) is 3.65. The number of halogens is 1. The molecule has 0 spiro atoms. The zero-order valence-corrected chi connectivity index (χ0v) is 8.72. The van der Waals surface area contributed by atoms with E-state index in [9.17, 15) is 0 Å². The van der Waals surface area contributed by atoms with Gasteiger partial charge in [-0.05, 0) is 5.56 Å². The lowest BCUT2D eigenvalue weighted by atomic mass is 10.2. The molecule has 0 aliphatic carbocycles. The van der Waals surface area contributed by atoms with Crippen LogP contribution in [0.3, 0.4) is 0 Å². The standard InChI is InChI=1S/C10H12N3.ClH/c1-12-7-8-13(11-12)9-10-5-3-2-4-6-10;/h2-8H,9H2,1H3;1H/q+1;/p-1. The number of nitrogens with zero attached hydrogens (tertiary/aromatic N) is 3. The molecule has 1 aromatic carbocycles. The zero-order chi connectivity index (χ0) is 9.10. The first-order chi connectivity index (χ1) is 6.34. The molecule has 3 nitrogen and oxygen atoms in total. The largest absolute Gasteiger partial charge is 1.00 e. The quantitative estimate of drug-likeness (QED) is 0.513. The molecular weight excluding hydrogens is 198 g/mol. The molecule has 4 heteroatoms. The van der Waals surface area contributed by atoms with Crippen molar-refractivity contribution in [2.45, 2.75) is 6.54 Å². The maximum Gasteiger partial charge on any atom is 0.155 e. The van der Waals surface area contributed by atoms with Crippen molar-refractivity contribution in [3.63, 3.8) is 0 Å². The van der Waals surface area contributed by atoms with Gasteiger partial charge in [0, 0.05) is 0 Å². The van der Waals surface area contributed by atoms with Gasteiger partial charge in [-0.25, -0.2) is 0 Å². The van der Waals surface area contributed by atoms with Crippen LogP contribution in [0.1, 0.15) is 5.56 Å². The second-order valence-electron chi connectivity index (χ2n) is 3.04. The lowest BCUT2D eigenvalue weighted by molar-refractivity contribution is -0.747. The van der Waals surface area contributed by atoms with Crippen molar-refractivity contribution in [1.82, 2.24) is 9.90 Å². The second kappa shape index (κ2) is 4.77. The third-order valence-corrected chi connectivity index (χ3v) is 1.90. The Hall–Kier alpha value is -1.35. The Balaban J connectivity index is 0.000000980. The zero-order valence-electron chi connectivity index (χ0n) is 7.97. The van der Waals surface area contributed by atoms with Crippen molar-refractivity contribution in [1.29, 1.82) is 0 Å². The highest BCUT2D eigenvalue weighted by atomic mass is 35.5. The Bertz CT molecular complexity index is 383. The van der Waals surface area contributed by atoms with Crippen molar-refractivity contribution in [3.05, 3.63) is 48.3 Å². The van der Waals surface area contributed by atoms with Crippen LogP contribution in [0.2, 0.25) is 0 Å². The minimum atomic E-state index is 0. The van der Waals surface area contributed by atoms with E-state index < -0.39 is 0 Å². The Morgan fingerprint density at radius 2 is 2.00 bits per heavy atom. The molecule has 0 N–H and O–H groups in total. The Labute approximate surface area is 89.4 Å². The highest BCUT2D eigenvalue weighted by molar-refractivity contribution is 5.12. The molecular formula is C10H12ClN3. The number of aryl methyl sites for hydroxylation is 1. The minimum absolute atomic E-state index is 0. The summed E-state index contributed by atoms with van der Waals surface area (Å²) in [6.07, 6.45) is 3.90. The van der Waals surface area contributed by atoms with Gasteiger partial charge in [0.15, 0.2) is 12.4 Å². The van der Waals surface area contributed by atoms with Crippen molar-refractivity contribution in [2.24, 2.45) is 7.05 Å². The van der Waals surface area contributed by atoms with Gasteiger partial charge >= 0.3 is 0 Å². The summed E-state index contributed by atoms with van der Waals surface area (Å²) in [7, 11) is 1.92. The first kappa shape index (κ1) is 10.7. The molecule has 0 saturated carbocycles. The van der Waals surface area contributed by atoms with Crippen LogP contribution in [-0.4, -0.2) is 9.90 Å². The van der Waals surface area contributed by atoms with Crippen LogP contribution >= 0.6 is 0 Å². The van der Waals surface area contributed by atoms with Crippen LogP contribution < -0.4 is 17.1 Å². The molecule has 0 saturated heterocycles. The van der Waals surface area contributed by atoms with Gasteiger partial charge in [-0.3, -0.25) is 0 Å². The molecule has 0 bridgehead atoms. The molecule has 14 heavy (non-hydrogen) atoms. The SMILES string of the molecule is Cn1cc[n+](Cc2ccccc2)n1.[Cl-]. The van der Waals surface area contributed by atoms with E-state index in [2.05, 4.69) is 17.3 Å². The number of rotatable bonds is 2.